The highest BCUT2D eigenvalue weighted by atomic mass is 32.2. The van der Waals surface area contributed by atoms with Gasteiger partial charge in [0.2, 0.25) is 5.91 Å². The largest absolute Gasteiger partial charge is 0.324 e. The molecule has 0 aliphatic carbocycles. The van der Waals surface area contributed by atoms with Crippen molar-refractivity contribution in [3.63, 3.8) is 0 Å². The van der Waals surface area contributed by atoms with Gasteiger partial charge in [-0.3, -0.25) is 4.79 Å². The van der Waals surface area contributed by atoms with Crippen LogP contribution in [-0.4, -0.2) is 32.2 Å². The number of hydrogen-bond donors (Lipinski definition) is 1. The van der Waals surface area contributed by atoms with Crippen LogP contribution in [0.15, 0.2) is 40.6 Å². The molecular formula is C14H18N4OS2. The maximum absolute atomic E-state index is 11.9. The van der Waals surface area contributed by atoms with Crippen LogP contribution in [0.5, 0.6) is 0 Å². The zero-order valence-corrected chi connectivity index (χ0v) is 13.7. The molecule has 2 aromatic rings. The molecule has 0 aliphatic rings. The van der Waals surface area contributed by atoms with E-state index >= 15 is 0 Å². The first-order valence-electron chi connectivity index (χ1n) is 6.69. The van der Waals surface area contributed by atoms with Gasteiger partial charge in [0.05, 0.1) is 11.4 Å². The van der Waals surface area contributed by atoms with E-state index in [0.717, 1.165) is 27.9 Å². The Labute approximate surface area is 132 Å². The third-order valence-corrected chi connectivity index (χ3v) is 4.91. The molecule has 0 saturated heterocycles. The lowest BCUT2D eigenvalue weighted by Gasteiger charge is -2.10. The molecule has 5 nitrogen and oxygen atoms in total. The highest BCUT2D eigenvalue weighted by Gasteiger charge is 2.10. The zero-order valence-electron chi connectivity index (χ0n) is 12.1. The third kappa shape index (κ3) is 4.78. The van der Waals surface area contributed by atoms with E-state index in [0.29, 0.717) is 5.75 Å². The fraction of sp³-hybridized carbons (Fsp3) is 0.357. The number of nitrogens with one attached hydrogen (secondary N) is 1. The first-order valence-corrected chi connectivity index (χ1v) is 8.66. The third-order valence-electron chi connectivity index (χ3n) is 2.61. The van der Waals surface area contributed by atoms with E-state index in [2.05, 4.69) is 22.4 Å². The van der Waals surface area contributed by atoms with Gasteiger partial charge in [0.15, 0.2) is 5.16 Å². The number of anilines is 1. The highest BCUT2D eigenvalue weighted by molar-refractivity contribution is 8.00. The lowest BCUT2D eigenvalue weighted by Crippen LogP contribution is -2.14. The number of thioether (sulfide) groups is 1. The number of aromatic nitrogens is 3. The lowest BCUT2D eigenvalue weighted by atomic mass is 10.3. The van der Waals surface area contributed by atoms with Gasteiger partial charge in [0.25, 0.3) is 0 Å². The molecule has 0 spiro atoms. The average molecular weight is 322 g/mol. The van der Waals surface area contributed by atoms with Crippen LogP contribution >= 0.6 is 23.5 Å². The summed E-state index contributed by atoms with van der Waals surface area (Å²) in [6.07, 6.45) is 2.74. The summed E-state index contributed by atoms with van der Waals surface area (Å²) in [5, 5.41) is 11.7. The second-order valence-corrected chi connectivity index (χ2v) is 6.54. The van der Waals surface area contributed by atoms with Crippen molar-refractivity contribution in [3.8, 4) is 0 Å². The van der Waals surface area contributed by atoms with E-state index in [-0.39, 0.29) is 5.91 Å². The van der Waals surface area contributed by atoms with E-state index in [1.165, 1.54) is 11.8 Å². The van der Waals surface area contributed by atoms with Gasteiger partial charge in [0.1, 0.15) is 6.33 Å². The molecular weight excluding hydrogens is 304 g/mol. The summed E-state index contributed by atoms with van der Waals surface area (Å²) >= 11 is 3.13. The smallest absolute Gasteiger partial charge is 0.234 e. The fourth-order valence-corrected chi connectivity index (χ4v) is 3.16. The van der Waals surface area contributed by atoms with E-state index < -0.39 is 0 Å². The first kappa shape index (κ1) is 15.9. The van der Waals surface area contributed by atoms with Crippen molar-refractivity contribution in [1.29, 1.82) is 0 Å². The molecule has 0 atom stereocenters. The summed E-state index contributed by atoms with van der Waals surface area (Å²) in [4.78, 5) is 12.9. The Balaban J connectivity index is 2.03. The Hall–Kier alpha value is -1.47. The highest BCUT2D eigenvalue weighted by Crippen LogP contribution is 2.31. The molecule has 1 heterocycles. The maximum atomic E-state index is 11.9. The van der Waals surface area contributed by atoms with Gasteiger partial charge in [-0.2, -0.15) is 11.8 Å². The Morgan fingerprint density at radius 1 is 1.38 bits per heavy atom. The topological polar surface area (TPSA) is 59.8 Å². The Bertz CT molecular complexity index is 600. The van der Waals surface area contributed by atoms with Crippen molar-refractivity contribution >= 4 is 35.1 Å². The number of carbonyl (C=O) groups excluding carboxylic acids is 1. The Morgan fingerprint density at radius 2 is 2.19 bits per heavy atom. The summed E-state index contributed by atoms with van der Waals surface area (Å²) in [5.41, 5.74) is 0.813. The van der Waals surface area contributed by atoms with Crippen LogP contribution in [-0.2, 0) is 11.8 Å². The summed E-state index contributed by atoms with van der Waals surface area (Å²) in [5.74, 6) is 1.51. The van der Waals surface area contributed by atoms with E-state index in [9.17, 15) is 4.79 Å². The van der Waals surface area contributed by atoms with Gasteiger partial charge >= 0.3 is 0 Å². The number of aryl methyl sites for hydroxylation is 1. The maximum Gasteiger partial charge on any atom is 0.234 e. The summed E-state index contributed by atoms with van der Waals surface area (Å²) in [6, 6.07) is 7.73. The SMILES string of the molecule is CCCSCC(=O)Nc1ccccc1Sc1nncn1C. The van der Waals surface area contributed by atoms with Gasteiger partial charge in [-0.15, -0.1) is 10.2 Å². The van der Waals surface area contributed by atoms with Gasteiger partial charge < -0.3 is 9.88 Å². The molecule has 0 radical (unpaired) electrons. The fourth-order valence-electron chi connectivity index (χ4n) is 1.62. The predicted octanol–water partition coefficient (Wildman–Crippen LogP) is 3.05. The number of para-hydroxylation sites is 1. The number of nitrogens with zero attached hydrogens (tertiary/aromatic N) is 3. The number of rotatable bonds is 7. The van der Waals surface area contributed by atoms with E-state index in [4.69, 9.17) is 0 Å². The molecule has 1 N–H and O–H groups in total. The standard InChI is InChI=1S/C14H18N4OS2/c1-3-8-20-9-13(19)16-11-6-4-5-7-12(11)21-14-17-15-10-18(14)2/h4-7,10H,3,8-9H2,1-2H3,(H,16,19). The predicted molar refractivity (Wildman–Crippen MR) is 87.8 cm³/mol. The van der Waals surface area contributed by atoms with Crippen LogP contribution in [0.3, 0.4) is 0 Å². The van der Waals surface area contributed by atoms with E-state index in [1.54, 1.807) is 18.1 Å². The van der Waals surface area contributed by atoms with Crippen molar-refractivity contribution in [1.82, 2.24) is 14.8 Å². The van der Waals surface area contributed by atoms with Crippen molar-refractivity contribution in [2.75, 3.05) is 16.8 Å². The second-order valence-electron chi connectivity index (χ2n) is 4.42. The number of carbonyl (C=O) groups is 1. The summed E-state index contributed by atoms with van der Waals surface area (Å²) < 4.78 is 1.85. The van der Waals surface area contributed by atoms with Gasteiger partial charge in [0, 0.05) is 11.9 Å². The van der Waals surface area contributed by atoms with Crippen LogP contribution in [0.1, 0.15) is 13.3 Å². The number of hydrogen-bond acceptors (Lipinski definition) is 5. The number of benzene rings is 1. The van der Waals surface area contributed by atoms with Gasteiger partial charge in [-0.05, 0) is 36.1 Å². The molecule has 0 bridgehead atoms. The quantitative estimate of drug-likeness (QED) is 0.794. The van der Waals surface area contributed by atoms with Gasteiger partial charge in [-0.1, -0.05) is 19.1 Å². The average Bonchev–Trinajstić information content (AvgIpc) is 2.87. The van der Waals surface area contributed by atoms with Crippen LogP contribution < -0.4 is 5.32 Å². The monoisotopic (exact) mass is 322 g/mol. The minimum absolute atomic E-state index is 0.0273. The molecule has 112 valence electrons. The summed E-state index contributed by atoms with van der Waals surface area (Å²) in [7, 11) is 1.89. The van der Waals surface area contributed by atoms with Crippen LogP contribution in [0.25, 0.3) is 0 Å². The molecule has 0 saturated carbocycles. The Kier molecular flexibility index (Phi) is 6.13. The van der Waals surface area contributed by atoms with Crippen LogP contribution in [0.2, 0.25) is 0 Å². The molecule has 0 unspecified atom stereocenters. The minimum Gasteiger partial charge on any atom is -0.324 e. The van der Waals surface area contributed by atoms with Crippen molar-refractivity contribution in [2.24, 2.45) is 7.05 Å². The number of amides is 1. The lowest BCUT2D eigenvalue weighted by molar-refractivity contribution is -0.113. The Morgan fingerprint density at radius 3 is 2.90 bits per heavy atom. The normalized spacial score (nSPS) is 10.6. The van der Waals surface area contributed by atoms with Gasteiger partial charge in [-0.25, -0.2) is 0 Å². The molecule has 7 heteroatoms. The van der Waals surface area contributed by atoms with Crippen molar-refractivity contribution < 1.29 is 4.79 Å². The molecule has 1 amide bonds. The van der Waals surface area contributed by atoms with E-state index in [1.807, 2.05) is 35.9 Å². The molecule has 1 aromatic carbocycles. The summed E-state index contributed by atoms with van der Waals surface area (Å²) in [6.45, 7) is 2.11. The molecule has 0 aliphatic heterocycles. The van der Waals surface area contributed by atoms with Crippen molar-refractivity contribution in [3.05, 3.63) is 30.6 Å². The van der Waals surface area contributed by atoms with Crippen LogP contribution in [0, 0.1) is 0 Å². The minimum atomic E-state index is 0.0273. The first-order chi connectivity index (χ1) is 10.2. The van der Waals surface area contributed by atoms with Crippen molar-refractivity contribution in [2.45, 2.75) is 23.4 Å². The molecule has 21 heavy (non-hydrogen) atoms. The molecule has 0 fully saturated rings. The zero-order chi connectivity index (χ0) is 15.1. The molecule has 1 aromatic heterocycles. The molecule has 2 rings (SSSR count). The van der Waals surface area contributed by atoms with Crippen LogP contribution in [0.4, 0.5) is 5.69 Å². The second kappa shape index (κ2) is 8.09.